The summed E-state index contributed by atoms with van der Waals surface area (Å²) >= 11 is 0. The van der Waals surface area contributed by atoms with E-state index in [1.807, 2.05) is 11.8 Å². The maximum Gasteiger partial charge on any atom is 0.313 e. The SMILES string of the molecule is CCC[C@@]1(C(=O)O)CN(Cc2ccc(F)cc2)CC[C@@H]1O. The number of carbonyl (C=O) groups is 1. The van der Waals surface area contributed by atoms with Crippen molar-refractivity contribution in [3.8, 4) is 0 Å². The lowest BCUT2D eigenvalue weighted by Gasteiger charge is -2.43. The molecule has 1 heterocycles. The minimum atomic E-state index is -1.09. The molecule has 4 nitrogen and oxygen atoms in total. The second kappa shape index (κ2) is 6.54. The van der Waals surface area contributed by atoms with Crippen LogP contribution < -0.4 is 0 Å². The Morgan fingerprint density at radius 2 is 2.10 bits per heavy atom. The molecule has 116 valence electrons. The van der Waals surface area contributed by atoms with Crippen molar-refractivity contribution in [2.75, 3.05) is 13.1 Å². The Hall–Kier alpha value is -1.46. The molecule has 21 heavy (non-hydrogen) atoms. The normalized spacial score (nSPS) is 26.7. The summed E-state index contributed by atoms with van der Waals surface area (Å²) < 4.78 is 12.9. The van der Waals surface area contributed by atoms with Crippen LogP contribution in [-0.4, -0.2) is 40.3 Å². The third-order valence-electron chi connectivity index (χ3n) is 4.30. The van der Waals surface area contributed by atoms with E-state index in [1.165, 1.54) is 12.1 Å². The van der Waals surface area contributed by atoms with E-state index in [-0.39, 0.29) is 5.82 Å². The fourth-order valence-electron chi connectivity index (χ4n) is 3.16. The predicted molar refractivity (Wildman–Crippen MR) is 77.3 cm³/mol. The molecule has 0 amide bonds. The molecule has 0 spiro atoms. The number of benzene rings is 1. The maximum absolute atomic E-state index is 12.9. The molecule has 0 radical (unpaired) electrons. The molecule has 0 bridgehead atoms. The molecule has 1 aliphatic heterocycles. The molecule has 2 atom stereocenters. The minimum Gasteiger partial charge on any atom is -0.481 e. The molecule has 0 unspecified atom stereocenters. The number of likely N-dealkylation sites (tertiary alicyclic amines) is 1. The van der Waals surface area contributed by atoms with Crippen molar-refractivity contribution in [2.24, 2.45) is 5.41 Å². The maximum atomic E-state index is 12.9. The summed E-state index contributed by atoms with van der Waals surface area (Å²) in [6.45, 7) is 3.48. The molecule has 1 fully saturated rings. The summed E-state index contributed by atoms with van der Waals surface area (Å²) in [6.07, 6.45) is 0.824. The Bertz CT molecular complexity index is 491. The highest BCUT2D eigenvalue weighted by Crippen LogP contribution is 2.36. The zero-order valence-electron chi connectivity index (χ0n) is 12.3. The number of hydrogen-bond acceptors (Lipinski definition) is 3. The number of piperidine rings is 1. The van der Waals surface area contributed by atoms with Crippen LogP contribution in [0, 0.1) is 11.2 Å². The van der Waals surface area contributed by atoms with Crippen LogP contribution in [0.15, 0.2) is 24.3 Å². The van der Waals surface area contributed by atoms with E-state index in [9.17, 15) is 19.4 Å². The van der Waals surface area contributed by atoms with E-state index in [2.05, 4.69) is 0 Å². The van der Waals surface area contributed by atoms with Crippen molar-refractivity contribution >= 4 is 5.97 Å². The van der Waals surface area contributed by atoms with Crippen LogP contribution in [0.1, 0.15) is 31.7 Å². The van der Waals surface area contributed by atoms with Crippen LogP contribution >= 0.6 is 0 Å². The number of rotatable bonds is 5. The zero-order valence-corrected chi connectivity index (χ0v) is 12.3. The number of carboxylic acid groups (broad SMARTS) is 1. The fraction of sp³-hybridized carbons (Fsp3) is 0.562. The Balaban J connectivity index is 2.12. The van der Waals surface area contributed by atoms with Gasteiger partial charge in [0.25, 0.3) is 0 Å². The Kier molecular flexibility index (Phi) is 4.96. The van der Waals surface area contributed by atoms with Gasteiger partial charge in [-0.05, 0) is 30.5 Å². The molecule has 1 aromatic rings. The molecule has 5 heteroatoms. The highest BCUT2D eigenvalue weighted by molar-refractivity contribution is 5.76. The molecule has 0 aliphatic carbocycles. The number of aliphatic hydroxyl groups excluding tert-OH is 1. The van der Waals surface area contributed by atoms with Crippen LogP contribution in [0.5, 0.6) is 0 Å². The first kappa shape index (κ1) is 15.9. The van der Waals surface area contributed by atoms with Gasteiger partial charge in [0.05, 0.1) is 6.10 Å². The molecule has 0 aromatic heterocycles. The molecular formula is C16H22FNO3. The van der Waals surface area contributed by atoms with E-state index < -0.39 is 17.5 Å². The second-order valence-electron chi connectivity index (χ2n) is 5.85. The summed E-state index contributed by atoms with van der Waals surface area (Å²) in [4.78, 5) is 13.7. The summed E-state index contributed by atoms with van der Waals surface area (Å²) in [5.74, 6) is -1.21. The Morgan fingerprint density at radius 1 is 1.43 bits per heavy atom. The van der Waals surface area contributed by atoms with Gasteiger partial charge in [0.1, 0.15) is 11.2 Å². The first-order valence-electron chi connectivity index (χ1n) is 7.36. The summed E-state index contributed by atoms with van der Waals surface area (Å²) in [7, 11) is 0. The smallest absolute Gasteiger partial charge is 0.313 e. The number of aliphatic carboxylic acids is 1. The average Bonchev–Trinajstić information content (AvgIpc) is 2.45. The van der Waals surface area contributed by atoms with Gasteiger partial charge in [0.2, 0.25) is 0 Å². The van der Waals surface area contributed by atoms with Gasteiger partial charge in [-0.1, -0.05) is 25.5 Å². The van der Waals surface area contributed by atoms with Crippen LogP contribution in [0.3, 0.4) is 0 Å². The van der Waals surface area contributed by atoms with Crippen LogP contribution in [0.2, 0.25) is 0 Å². The summed E-state index contributed by atoms with van der Waals surface area (Å²) in [5.41, 5.74) is -0.142. The number of halogens is 1. The van der Waals surface area contributed by atoms with E-state index in [0.29, 0.717) is 38.9 Å². The van der Waals surface area contributed by atoms with Gasteiger partial charge in [-0.3, -0.25) is 9.69 Å². The first-order valence-corrected chi connectivity index (χ1v) is 7.36. The monoisotopic (exact) mass is 295 g/mol. The zero-order chi connectivity index (χ0) is 15.5. The average molecular weight is 295 g/mol. The lowest BCUT2D eigenvalue weighted by molar-refractivity contribution is -0.164. The third-order valence-corrected chi connectivity index (χ3v) is 4.30. The van der Waals surface area contributed by atoms with Crippen molar-refractivity contribution in [3.63, 3.8) is 0 Å². The summed E-state index contributed by atoms with van der Waals surface area (Å²) in [5, 5.41) is 19.8. The van der Waals surface area contributed by atoms with E-state index in [4.69, 9.17) is 0 Å². The molecule has 0 saturated carbocycles. The van der Waals surface area contributed by atoms with E-state index >= 15 is 0 Å². The second-order valence-corrected chi connectivity index (χ2v) is 5.85. The van der Waals surface area contributed by atoms with Crippen molar-refractivity contribution < 1.29 is 19.4 Å². The van der Waals surface area contributed by atoms with Crippen LogP contribution in [0.4, 0.5) is 4.39 Å². The quantitative estimate of drug-likeness (QED) is 0.875. The van der Waals surface area contributed by atoms with E-state index in [0.717, 1.165) is 5.56 Å². The lowest BCUT2D eigenvalue weighted by Crippen LogP contribution is -2.55. The number of hydrogen-bond donors (Lipinski definition) is 2. The Labute approximate surface area is 124 Å². The standard InChI is InChI=1S/C16H22FNO3/c1-2-8-16(15(20)21)11-18(9-7-14(16)19)10-12-3-5-13(17)6-4-12/h3-6,14,19H,2,7-11H2,1H3,(H,20,21)/t14-,16+/m0/s1. The highest BCUT2D eigenvalue weighted by atomic mass is 19.1. The Morgan fingerprint density at radius 3 is 2.67 bits per heavy atom. The topological polar surface area (TPSA) is 60.8 Å². The minimum absolute atomic E-state index is 0.279. The van der Waals surface area contributed by atoms with E-state index in [1.54, 1.807) is 12.1 Å². The first-order chi connectivity index (χ1) is 9.98. The summed E-state index contributed by atoms with van der Waals surface area (Å²) in [6, 6.07) is 6.24. The molecule has 1 aliphatic rings. The van der Waals surface area contributed by atoms with Crippen molar-refractivity contribution in [1.82, 2.24) is 4.90 Å². The van der Waals surface area contributed by atoms with Gasteiger partial charge in [-0.15, -0.1) is 0 Å². The van der Waals surface area contributed by atoms with Gasteiger partial charge >= 0.3 is 5.97 Å². The van der Waals surface area contributed by atoms with Gasteiger partial charge in [0, 0.05) is 19.6 Å². The largest absolute Gasteiger partial charge is 0.481 e. The molecule has 1 saturated heterocycles. The number of aliphatic hydroxyl groups is 1. The third kappa shape index (κ3) is 3.41. The predicted octanol–water partition coefficient (Wildman–Crippen LogP) is 2.26. The van der Waals surface area contributed by atoms with Gasteiger partial charge in [-0.2, -0.15) is 0 Å². The number of carboxylic acids is 1. The van der Waals surface area contributed by atoms with Crippen LogP contribution in [-0.2, 0) is 11.3 Å². The van der Waals surface area contributed by atoms with Crippen molar-refractivity contribution in [3.05, 3.63) is 35.6 Å². The molecule has 1 aromatic carbocycles. The van der Waals surface area contributed by atoms with Crippen molar-refractivity contribution in [2.45, 2.75) is 38.8 Å². The molecule has 2 N–H and O–H groups in total. The lowest BCUT2D eigenvalue weighted by atomic mass is 9.74. The molecular weight excluding hydrogens is 273 g/mol. The molecule has 2 rings (SSSR count). The van der Waals surface area contributed by atoms with Crippen molar-refractivity contribution in [1.29, 1.82) is 0 Å². The fourth-order valence-corrected chi connectivity index (χ4v) is 3.16. The highest BCUT2D eigenvalue weighted by Gasteiger charge is 2.48. The number of nitrogens with zero attached hydrogens (tertiary/aromatic N) is 1. The van der Waals surface area contributed by atoms with Gasteiger partial charge in [0.15, 0.2) is 0 Å². The van der Waals surface area contributed by atoms with Crippen LogP contribution in [0.25, 0.3) is 0 Å². The van der Waals surface area contributed by atoms with Gasteiger partial charge < -0.3 is 10.2 Å². The van der Waals surface area contributed by atoms with Gasteiger partial charge in [-0.25, -0.2) is 4.39 Å².